The van der Waals surface area contributed by atoms with E-state index in [0.29, 0.717) is 22.8 Å². The van der Waals surface area contributed by atoms with Crippen LogP contribution in [0.25, 0.3) is 0 Å². The highest BCUT2D eigenvalue weighted by Crippen LogP contribution is 2.34. The second-order valence-electron chi connectivity index (χ2n) is 5.33. The van der Waals surface area contributed by atoms with E-state index in [4.69, 9.17) is 5.73 Å². The first kappa shape index (κ1) is 13.9. The van der Waals surface area contributed by atoms with Crippen LogP contribution in [0.1, 0.15) is 17.5 Å². The van der Waals surface area contributed by atoms with Gasteiger partial charge in [-0.25, -0.2) is 8.42 Å². The van der Waals surface area contributed by atoms with Gasteiger partial charge in [0.05, 0.1) is 10.6 Å². The Morgan fingerprint density at radius 1 is 1.14 bits per heavy atom. The molecule has 110 valence electrons. The Morgan fingerprint density at radius 2 is 1.90 bits per heavy atom. The molecule has 1 heterocycles. The Morgan fingerprint density at radius 3 is 2.67 bits per heavy atom. The lowest BCUT2D eigenvalue weighted by Crippen LogP contribution is -2.35. The van der Waals surface area contributed by atoms with E-state index in [1.165, 1.54) is 4.31 Å². The lowest BCUT2D eigenvalue weighted by atomic mass is 10.0. The number of hydrogen-bond donors (Lipinski definition) is 1. The second-order valence-corrected chi connectivity index (χ2v) is 7.17. The monoisotopic (exact) mass is 302 g/mol. The second kappa shape index (κ2) is 5.07. The number of benzene rings is 2. The first-order chi connectivity index (χ1) is 10.00. The molecule has 1 aliphatic rings. The highest BCUT2D eigenvalue weighted by atomic mass is 32.2. The van der Waals surface area contributed by atoms with Gasteiger partial charge in [-0.05, 0) is 49.1 Å². The zero-order chi connectivity index (χ0) is 15.0. The number of hydrogen-bond acceptors (Lipinski definition) is 3. The highest BCUT2D eigenvalue weighted by molar-refractivity contribution is 7.92. The molecule has 0 saturated carbocycles. The fraction of sp³-hybridized carbons (Fsp3) is 0.250. The number of nitrogens with two attached hydrogens (primary N) is 1. The summed E-state index contributed by atoms with van der Waals surface area (Å²) in [4.78, 5) is 0.361. The van der Waals surface area contributed by atoms with Crippen molar-refractivity contribution in [3.05, 3.63) is 53.6 Å². The molecule has 2 N–H and O–H groups in total. The molecule has 0 atom stereocenters. The zero-order valence-electron chi connectivity index (χ0n) is 11.9. The molecule has 0 aliphatic carbocycles. The normalized spacial score (nSPS) is 14.8. The molecule has 4 nitrogen and oxygen atoms in total. The third-order valence-corrected chi connectivity index (χ3v) is 5.82. The molecule has 0 amide bonds. The van der Waals surface area contributed by atoms with Gasteiger partial charge >= 0.3 is 0 Å². The Bertz CT molecular complexity index is 785. The minimum absolute atomic E-state index is 0.361. The average molecular weight is 302 g/mol. The van der Waals surface area contributed by atoms with Crippen LogP contribution in [0.15, 0.2) is 47.4 Å². The van der Waals surface area contributed by atoms with Crippen molar-refractivity contribution in [2.24, 2.45) is 0 Å². The Balaban J connectivity index is 2.14. The number of fused-ring (bicyclic) bond motifs is 1. The fourth-order valence-electron chi connectivity index (χ4n) is 2.77. The summed E-state index contributed by atoms with van der Waals surface area (Å²) in [6.45, 7) is 2.31. The Labute approximate surface area is 125 Å². The molecule has 21 heavy (non-hydrogen) atoms. The SMILES string of the molecule is Cc1ccccc1S(=O)(=O)N1CCCc2ccc(N)cc21. The van der Waals surface area contributed by atoms with Crippen molar-refractivity contribution >= 4 is 21.4 Å². The smallest absolute Gasteiger partial charge is 0.264 e. The lowest BCUT2D eigenvalue weighted by Gasteiger charge is -2.31. The van der Waals surface area contributed by atoms with E-state index in [1.807, 2.05) is 31.2 Å². The summed E-state index contributed by atoms with van der Waals surface area (Å²) in [5.74, 6) is 0. The minimum Gasteiger partial charge on any atom is -0.399 e. The lowest BCUT2D eigenvalue weighted by molar-refractivity contribution is 0.586. The van der Waals surface area contributed by atoms with Crippen molar-refractivity contribution in [2.45, 2.75) is 24.7 Å². The van der Waals surface area contributed by atoms with Gasteiger partial charge in [0, 0.05) is 12.2 Å². The van der Waals surface area contributed by atoms with Gasteiger partial charge in [0.25, 0.3) is 10.0 Å². The summed E-state index contributed by atoms with van der Waals surface area (Å²) in [5, 5.41) is 0. The van der Waals surface area contributed by atoms with Crippen molar-refractivity contribution in [1.82, 2.24) is 0 Å². The summed E-state index contributed by atoms with van der Waals surface area (Å²) in [5.41, 5.74) is 8.92. The van der Waals surface area contributed by atoms with Crippen LogP contribution >= 0.6 is 0 Å². The molecule has 0 fully saturated rings. The quantitative estimate of drug-likeness (QED) is 0.868. The van der Waals surface area contributed by atoms with Gasteiger partial charge in [-0.3, -0.25) is 4.31 Å². The minimum atomic E-state index is -3.55. The van der Waals surface area contributed by atoms with Gasteiger partial charge in [0.2, 0.25) is 0 Å². The van der Waals surface area contributed by atoms with Crippen molar-refractivity contribution < 1.29 is 8.42 Å². The van der Waals surface area contributed by atoms with Gasteiger partial charge in [-0.2, -0.15) is 0 Å². The molecule has 0 bridgehead atoms. The number of sulfonamides is 1. The first-order valence-corrected chi connectivity index (χ1v) is 8.41. The first-order valence-electron chi connectivity index (χ1n) is 6.97. The van der Waals surface area contributed by atoms with Gasteiger partial charge in [0.15, 0.2) is 0 Å². The third-order valence-electron chi connectivity index (χ3n) is 3.85. The van der Waals surface area contributed by atoms with E-state index in [9.17, 15) is 8.42 Å². The molecule has 5 heteroatoms. The maximum absolute atomic E-state index is 13.0. The zero-order valence-corrected chi connectivity index (χ0v) is 12.7. The largest absolute Gasteiger partial charge is 0.399 e. The van der Waals surface area contributed by atoms with E-state index in [-0.39, 0.29) is 0 Å². The summed E-state index contributed by atoms with van der Waals surface area (Å²) in [7, 11) is -3.55. The maximum atomic E-state index is 13.0. The predicted molar refractivity (Wildman–Crippen MR) is 84.9 cm³/mol. The molecule has 0 aromatic heterocycles. The number of anilines is 2. The van der Waals surface area contributed by atoms with Gasteiger partial charge in [0.1, 0.15) is 0 Å². The van der Waals surface area contributed by atoms with Gasteiger partial charge in [-0.15, -0.1) is 0 Å². The molecule has 3 rings (SSSR count). The van der Waals surface area contributed by atoms with Crippen LogP contribution in [0.5, 0.6) is 0 Å². The van der Waals surface area contributed by atoms with Crippen LogP contribution in [0, 0.1) is 6.92 Å². The molecule has 2 aromatic carbocycles. The number of nitrogen functional groups attached to an aromatic ring is 1. The maximum Gasteiger partial charge on any atom is 0.264 e. The molecular formula is C16H18N2O2S. The van der Waals surface area contributed by atoms with E-state index in [1.54, 1.807) is 18.2 Å². The summed E-state index contributed by atoms with van der Waals surface area (Å²) >= 11 is 0. The van der Waals surface area contributed by atoms with E-state index in [2.05, 4.69) is 0 Å². The van der Waals surface area contributed by atoms with Gasteiger partial charge < -0.3 is 5.73 Å². The predicted octanol–water partition coefficient (Wildman–Crippen LogP) is 2.72. The van der Waals surface area contributed by atoms with Crippen molar-refractivity contribution in [2.75, 3.05) is 16.6 Å². The van der Waals surface area contributed by atoms with E-state index >= 15 is 0 Å². The van der Waals surface area contributed by atoms with Crippen LogP contribution in [0.3, 0.4) is 0 Å². The van der Waals surface area contributed by atoms with Gasteiger partial charge in [-0.1, -0.05) is 24.3 Å². The van der Waals surface area contributed by atoms with Crippen LogP contribution in [0.4, 0.5) is 11.4 Å². The average Bonchev–Trinajstić information content (AvgIpc) is 2.46. The van der Waals surface area contributed by atoms with E-state index in [0.717, 1.165) is 24.0 Å². The third kappa shape index (κ3) is 2.38. The van der Waals surface area contributed by atoms with Crippen molar-refractivity contribution in [3.8, 4) is 0 Å². The number of nitrogens with zero attached hydrogens (tertiary/aromatic N) is 1. The highest BCUT2D eigenvalue weighted by Gasteiger charge is 2.30. The fourth-order valence-corrected chi connectivity index (χ4v) is 4.53. The molecule has 0 radical (unpaired) electrons. The summed E-state index contributed by atoms with van der Waals surface area (Å²) < 4.78 is 27.4. The Hall–Kier alpha value is -2.01. The topological polar surface area (TPSA) is 63.4 Å². The summed E-state index contributed by atoms with van der Waals surface area (Å²) in [6, 6.07) is 12.6. The number of aryl methyl sites for hydroxylation is 2. The molecular weight excluding hydrogens is 284 g/mol. The van der Waals surface area contributed by atoms with Crippen LogP contribution in [-0.4, -0.2) is 15.0 Å². The Kier molecular flexibility index (Phi) is 3.37. The van der Waals surface area contributed by atoms with Crippen LogP contribution < -0.4 is 10.0 Å². The van der Waals surface area contributed by atoms with Crippen molar-refractivity contribution in [3.63, 3.8) is 0 Å². The standard InChI is InChI=1S/C16H18N2O2S/c1-12-5-2-3-7-16(12)21(19,20)18-10-4-6-13-8-9-14(17)11-15(13)18/h2-3,5,7-9,11H,4,6,10,17H2,1H3. The molecule has 0 saturated heterocycles. The van der Waals surface area contributed by atoms with Crippen LogP contribution in [0.2, 0.25) is 0 Å². The summed E-state index contributed by atoms with van der Waals surface area (Å²) in [6.07, 6.45) is 1.71. The molecule has 0 unspecified atom stereocenters. The molecule has 0 spiro atoms. The number of rotatable bonds is 2. The van der Waals surface area contributed by atoms with Crippen molar-refractivity contribution in [1.29, 1.82) is 0 Å². The molecule has 2 aromatic rings. The molecule has 1 aliphatic heterocycles. The van der Waals surface area contributed by atoms with E-state index < -0.39 is 10.0 Å². The van der Waals surface area contributed by atoms with Crippen LogP contribution in [-0.2, 0) is 16.4 Å².